The van der Waals surface area contributed by atoms with Gasteiger partial charge in [0.15, 0.2) is 0 Å². The van der Waals surface area contributed by atoms with Crippen LogP contribution < -0.4 is 10.5 Å². The van der Waals surface area contributed by atoms with Gasteiger partial charge >= 0.3 is 0 Å². The fourth-order valence-electron chi connectivity index (χ4n) is 2.89. The predicted molar refractivity (Wildman–Crippen MR) is 98.6 cm³/mol. The van der Waals surface area contributed by atoms with Crippen LogP contribution in [0.4, 0.5) is 0 Å². The Hall–Kier alpha value is -2.33. The lowest BCUT2D eigenvalue weighted by molar-refractivity contribution is 0.317. The summed E-state index contributed by atoms with van der Waals surface area (Å²) in [6.45, 7) is 7.66. The van der Waals surface area contributed by atoms with Crippen molar-refractivity contribution in [2.75, 3.05) is 13.2 Å². The predicted octanol–water partition coefficient (Wildman–Crippen LogP) is 4.16. The van der Waals surface area contributed by atoms with Crippen molar-refractivity contribution in [2.24, 2.45) is 5.73 Å². The quantitative estimate of drug-likeness (QED) is 0.741. The molecule has 1 unspecified atom stereocenters. The van der Waals surface area contributed by atoms with Gasteiger partial charge in [-0.1, -0.05) is 13.8 Å². The highest BCUT2D eigenvalue weighted by Gasteiger charge is 2.18. The molecule has 126 valence electrons. The third kappa shape index (κ3) is 3.15. The summed E-state index contributed by atoms with van der Waals surface area (Å²) in [5, 5.41) is 0. The summed E-state index contributed by atoms with van der Waals surface area (Å²) in [5.74, 6) is 1.13. The van der Waals surface area contributed by atoms with E-state index in [9.17, 15) is 0 Å². The fourth-order valence-corrected chi connectivity index (χ4v) is 2.89. The highest BCUT2D eigenvalue weighted by Crippen LogP contribution is 2.31. The highest BCUT2D eigenvalue weighted by molar-refractivity contribution is 5.68. The summed E-state index contributed by atoms with van der Waals surface area (Å²) >= 11 is 0. The second-order valence-electron chi connectivity index (χ2n) is 6.29. The Bertz CT molecular complexity index is 821. The second-order valence-corrected chi connectivity index (χ2v) is 6.29. The third-order valence-electron chi connectivity index (χ3n) is 4.24. The summed E-state index contributed by atoms with van der Waals surface area (Å²) < 4.78 is 7.83. The molecule has 2 N–H and O–H groups in total. The van der Waals surface area contributed by atoms with E-state index in [1.807, 2.05) is 12.1 Å². The van der Waals surface area contributed by atoms with E-state index in [4.69, 9.17) is 15.5 Å². The van der Waals surface area contributed by atoms with Gasteiger partial charge in [-0.05, 0) is 55.3 Å². The van der Waals surface area contributed by atoms with Gasteiger partial charge in [0.1, 0.15) is 11.4 Å². The number of ether oxygens (including phenoxy) is 1. The van der Waals surface area contributed by atoms with E-state index in [2.05, 4.69) is 55.6 Å². The van der Waals surface area contributed by atoms with E-state index < -0.39 is 0 Å². The molecule has 0 aliphatic carbocycles. The molecule has 2 heterocycles. The summed E-state index contributed by atoms with van der Waals surface area (Å²) in [7, 11) is 0. The number of hydrogen-bond acceptors (Lipinski definition) is 3. The van der Waals surface area contributed by atoms with Crippen LogP contribution in [0, 0.1) is 6.92 Å². The van der Waals surface area contributed by atoms with Gasteiger partial charge < -0.3 is 14.9 Å². The van der Waals surface area contributed by atoms with Crippen LogP contribution in [0.5, 0.6) is 5.75 Å². The Morgan fingerprint density at radius 2 is 1.96 bits per heavy atom. The molecule has 0 radical (unpaired) electrons. The van der Waals surface area contributed by atoms with Crippen molar-refractivity contribution in [1.29, 1.82) is 0 Å². The Kier molecular flexibility index (Phi) is 4.86. The van der Waals surface area contributed by atoms with Crippen molar-refractivity contribution < 1.29 is 4.74 Å². The first kappa shape index (κ1) is 16.5. The van der Waals surface area contributed by atoms with Crippen LogP contribution in [-0.4, -0.2) is 22.5 Å². The number of aromatic nitrogens is 2. The maximum atomic E-state index is 5.95. The number of rotatable bonds is 6. The summed E-state index contributed by atoms with van der Waals surface area (Å²) in [6.07, 6.45) is 3.09. The van der Waals surface area contributed by atoms with Crippen LogP contribution in [0.2, 0.25) is 0 Å². The largest absolute Gasteiger partial charge is 0.494 e. The average molecular weight is 323 g/mol. The first-order valence-electron chi connectivity index (χ1n) is 8.56. The number of benzene rings is 1. The lowest BCUT2D eigenvalue weighted by Crippen LogP contribution is -2.12. The molecular weight excluding hydrogens is 298 g/mol. The van der Waals surface area contributed by atoms with Crippen LogP contribution in [0.25, 0.3) is 16.9 Å². The van der Waals surface area contributed by atoms with Crippen LogP contribution in [0.15, 0.2) is 42.6 Å². The number of hydrogen-bond donors (Lipinski definition) is 1. The summed E-state index contributed by atoms with van der Waals surface area (Å²) in [4.78, 5) is 4.87. The second kappa shape index (κ2) is 7.05. The minimum absolute atomic E-state index is 0.230. The van der Waals surface area contributed by atoms with Gasteiger partial charge in [-0.25, -0.2) is 4.98 Å². The Morgan fingerprint density at radius 1 is 1.21 bits per heavy atom. The molecule has 1 atom stereocenters. The van der Waals surface area contributed by atoms with Gasteiger partial charge in [0.05, 0.1) is 18.0 Å². The number of pyridine rings is 1. The van der Waals surface area contributed by atoms with E-state index in [0.717, 1.165) is 41.4 Å². The average Bonchev–Trinajstić information content (AvgIpc) is 2.98. The van der Waals surface area contributed by atoms with E-state index in [0.29, 0.717) is 6.54 Å². The van der Waals surface area contributed by atoms with E-state index in [1.54, 1.807) is 0 Å². The molecule has 0 fully saturated rings. The monoisotopic (exact) mass is 323 g/mol. The maximum absolute atomic E-state index is 5.95. The molecule has 2 aromatic heterocycles. The molecule has 0 aliphatic heterocycles. The minimum atomic E-state index is 0.230. The van der Waals surface area contributed by atoms with Crippen LogP contribution in [0.1, 0.15) is 37.4 Å². The molecule has 4 heteroatoms. The molecule has 0 bridgehead atoms. The molecule has 0 spiro atoms. The Morgan fingerprint density at radius 3 is 2.62 bits per heavy atom. The van der Waals surface area contributed by atoms with Gasteiger partial charge in [-0.2, -0.15) is 0 Å². The molecule has 3 aromatic rings. The van der Waals surface area contributed by atoms with E-state index in [-0.39, 0.29) is 5.92 Å². The highest BCUT2D eigenvalue weighted by atomic mass is 16.5. The zero-order valence-corrected chi connectivity index (χ0v) is 14.6. The molecule has 0 saturated carbocycles. The normalized spacial score (nSPS) is 12.5. The van der Waals surface area contributed by atoms with Crippen LogP contribution in [0.3, 0.4) is 0 Å². The molecule has 1 aromatic carbocycles. The van der Waals surface area contributed by atoms with Crippen LogP contribution >= 0.6 is 0 Å². The topological polar surface area (TPSA) is 52.5 Å². The Balaban J connectivity index is 2.07. The zero-order chi connectivity index (χ0) is 17.1. The lowest BCUT2D eigenvalue weighted by atomic mass is 10.0. The van der Waals surface area contributed by atoms with E-state index in [1.165, 1.54) is 5.56 Å². The van der Waals surface area contributed by atoms with Gasteiger partial charge in [-0.3, -0.25) is 0 Å². The van der Waals surface area contributed by atoms with Crippen molar-refractivity contribution in [3.05, 3.63) is 53.9 Å². The lowest BCUT2D eigenvalue weighted by Gasteiger charge is -2.12. The van der Waals surface area contributed by atoms with Gasteiger partial charge in [0.25, 0.3) is 0 Å². The number of nitrogens with two attached hydrogens (primary N) is 1. The molecule has 24 heavy (non-hydrogen) atoms. The van der Waals surface area contributed by atoms with Gasteiger partial charge in [0, 0.05) is 24.2 Å². The molecular formula is C20H25N3O. The van der Waals surface area contributed by atoms with Crippen LogP contribution in [-0.2, 0) is 0 Å². The Labute approximate surface area is 143 Å². The van der Waals surface area contributed by atoms with E-state index >= 15 is 0 Å². The molecule has 0 saturated heterocycles. The summed E-state index contributed by atoms with van der Waals surface area (Å²) in [5.41, 5.74) is 11.4. The third-order valence-corrected chi connectivity index (χ3v) is 4.24. The minimum Gasteiger partial charge on any atom is -0.494 e. The molecule has 4 nitrogen and oxygen atoms in total. The van der Waals surface area contributed by atoms with Crippen molar-refractivity contribution in [3.8, 4) is 17.0 Å². The zero-order valence-electron chi connectivity index (χ0n) is 14.6. The number of fused-ring (bicyclic) bond motifs is 1. The smallest absolute Gasteiger partial charge is 0.137 e. The standard InChI is InChI=1S/C20H25N3O/c1-4-11-24-17-7-5-16(6-8-17)19-20(15(3)13-21)23-10-9-14(2)12-18(23)22-19/h5-10,12,15H,4,11,13,21H2,1-3H3. The fraction of sp³-hybridized carbons (Fsp3) is 0.350. The first-order chi connectivity index (χ1) is 11.6. The van der Waals surface area contributed by atoms with Crippen molar-refractivity contribution in [1.82, 2.24) is 9.38 Å². The number of imidazole rings is 1. The SMILES string of the molecule is CCCOc1ccc(-c2nc3cc(C)ccn3c2C(C)CN)cc1. The van der Waals surface area contributed by atoms with Gasteiger partial charge in [-0.15, -0.1) is 0 Å². The van der Waals surface area contributed by atoms with Gasteiger partial charge in [0.2, 0.25) is 0 Å². The maximum Gasteiger partial charge on any atom is 0.137 e. The first-order valence-corrected chi connectivity index (χ1v) is 8.56. The molecule has 0 amide bonds. The summed E-state index contributed by atoms with van der Waals surface area (Å²) in [6, 6.07) is 12.4. The van der Waals surface area contributed by atoms with Crippen molar-refractivity contribution in [2.45, 2.75) is 33.1 Å². The number of aryl methyl sites for hydroxylation is 1. The molecule has 0 aliphatic rings. The number of nitrogens with zero attached hydrogens (tertiary/aromatic N) is 2. The molecule has 3 rings (SSSR count). The van der Waals surface area contributed by atoms with Crippen molar-refractivity contribution >= 4 is 5.65 Å². The van der Waals surface area contributed by atoms with Crippen molar-refractivity contribution in [3.63, 3.8) is 0 Å².